The average Bonchev–Trinajstić information content (AvgIpc) is 0.776. The highest BCUT2D eigenvalue weighted by Crippen LogP contribution is 2.37. The van der Waals surface area contributed by atoms with E-state index >= 15 is 0 Å². The molecule has 5 aliphatic heterocycles. The predicted molar refractivity (Wildman–Crippen MR) is 352 cm³/mol. The number of carbonyl (C=O) groups excluding carboxylic acids is 3. The first-order valence-electron chi connectivity index (χ1n) is 36.5. The molecular formula is C68H123N3O28. The van der Waals surface area contributed by atoms with Gasteiger partial charge in [0, 0.05) is 20.3 Å². The zero-order chi connectivity index (χ0) is 72.6. The molecule has 0 aliphatic carbocycles. The Kier molecular flexibility index (Phi) is 41.1. The van der Waals surface area contributed by atoms with Gasteiger partial charge in [0.05, 0.1) is 51.8 Å². The summed E-state index contributed by atoms with van der Waals surface area (Å²) in [6, 6.07) is -4.39. The summed E-state index contributed by atoms with van der Waals surface area (Å²) in [6.45, 7) is 1.36. The lowest BCUT2D eigenvalue weighted by atomic mass is 9.94. The van der Waals surface area contributed by atoms with Gasteiger partial charge in [0.2, 0.25) is 17.7 Å². The van der Waals surface area contributed by atoms with Gasteiger partial charge in [-0.3, -0.25) is 14.4 Å². The van der Waals surface area contributed by atoms with Crippen molar-refractivity contribution in [1.82, 2.24) is 16.0 Å². The fraction of sp³-hybridized carbons (Fsp3) is 0.926. The maximum atomic E-state index is 13.5. The van der Waals surface area contributed by atoms with E-state index in [4.69, 9.17) is 47.4 Å². The number of ether oxygens (including phenoxy) is 10. The monoisotopic (exact) mass is 1430 g/mol. The summed E-state index contributed by atoms with van der Waals surface area (Å²) in [7, 11) is 0. The van der Waals surface area contributed by atoms with Gasteiger partial charge in [0.25, 0.3) is 0 Å². The van der Waals surface area contributed by atoms with Crippen LogP contribution in [0.15, 0.2) is 12.2 Å². The van der Waals surface area contributed by atoms with Crippen molar-refractivity contribution in [2.24, 2.45) is 0 Å². The molecular weight excluding hydrogens is 1310 g/mol. The van der Waals surface area contributed by atoms with E-state index in [1.807, 2.05) is 6.08 Å². The molecule has 31 heteroatoms. The van der Waals surface area contributed by atoms with Gasteiger partial charge in [-0.2, -0.15) is 0 Å². The summed E-state index contributed by atoms with van der Waals surface area (Å²) in [5.74, 6) is -1.89. The molecule has 5 heterocycles. The van der Waals surface area contributed by atoms with Crippen molar-refractivity contribution in [1.29, 1.82) is 0 Å². The van der Waals surface area contributed by atoms with E-state index < -0.39 is 217 Å². The molecule has 31 nitrogen and oxygen atoms in total. The van der Waals surface area contributed by atoms with Gasteiger partial charge in [-0.05, 0) is 19.3 Å². The van der Waals surface area contributed by atoms with Crippen molar-refractivity contribution in [3.8, 4) is 0 Å². The molecule has 0 spiro atoms. The molecule has 0 aromatic heterocycles. The molecule has 5 fully saturated rings. The number of hydrogen-bond donors (Lipinski definition) is 18. The maximum absolute atomic E-state index is 13.5. The third-order valence-corrected chi connectivity index (χ3v) is 19.1. The maximum Gasteiger partial charge on any atom is 0.220 e. The molecule has 0 aromatic rings. The van der Waals surface area contributed by atoms with Crippen LogP contribution in [-0.4, -0.2) is 300 Å². The van der Waals surface area contributed by atoms with Crippen LogP contribution in [0.1, 0.15) is 195 Å². The number of nitrogens with one attached hydrogen (secondary N) is 3. The van der Waals surface area contributed by atoms with Crippen LogP contribution in [0, 0.1) is 0 Å². The van der Waals surface area contributed by atoms with Crippen molar-refractivity contribution in [2.75, 3.05) is 39.6 Å². The fourth-order valence-corrected chi connectivity index (χ4v) is 13.3. The molecule has 5 aliphatic rings. The Morgan fingerprint density at radius 1 is 0.394 bits per heavy atom. The third-order valence-electron chi connectivity index (χ3n) is 19.1. The molecule has 27 atom stereocenters. The first kappa shape index (κ1) is 86.8. The highest BCUT2D eigenvalue weighted by Gasteiger charge is 2.57. The molecule has 0 bridgehead atoms. The second-order valence-electron chi connectivity index (χ2n) is 27.1. The predicted octanol–water partition coefficient (Wildman–Crippen LogP) is -1.03. The molecule has 3 amide bonds. The van der Waals surface area contributed by atoms with Gasteiger partial charge in [-0.15, -0.1) is 0 Å². The van der Waals surface area contributed by atoms with Gasteiger partial charge in [0.1, 0.15) is 122 Å². The van der Waals surface area contributed by atoms with Crippen LogP contribution in [0.25, 0.3) is 0 Å². The van der Waals surface area contributed by atoms with Crippen LogP contribution < -0.4 is 16.0 Å². The van der Waals surface area contributed by atoms with Gasteiger partial charge >= 0.3 is 0 Å². The number of carbonyl (C=O) groups is 3. The van der Waals surface area contributed by atoms with Crippen LogP contribution in [0.5, 0.6) is 0 Å². The zero-order valence-electron chi connectivity index (χ0n) is 58.4. The van der Waals surface area contributed by atoms with E-state index in [0.29, 0.717) is 12.8 Å². The lowest BCUT2D eigenvalue weighted by Gasteiger charge is -2.50. The SMILES string of the molecule is CCCCCCCCCCCCC/C=C/[C@@H](O)[C@H](CO[C@@H]1OC(CO)[C@@H](O[C@@H]2OC(CO)[C@H](O)[C@H](O[C@@H]3OC(CO)[C@@H](O[C@@H]4OC(CO)[C@H](O)[C@H](O[C@@H]5OC(CO)[C@H](O)[C@H](O)C5NC(C)=O)C4O)[C@H](O)C3NC(C)=O)C2O)[C@H](O)C1O)NC(=O)CCCCCCCCCCCCCCC. The standard InChI is InChI=1S/C68H123N3O28/c1-5-7-9-11-13-15-17-19-21-23-25-27-29-31-42(79)41(71-48(80)32-30-28-26-24-22-20-18-16-14-12-10-8-6-2)38-90-66-57(87)56(86)61(47(37-76)95-66)97-68-59(89)63(53(83)45(35-74)93-68)99-65-50(70-40(4)78)55(85)60(46(36-75)94-65)96-67-58(88)62(52(82)44(34-73)92-67)98-64-49(69-39(3)77)54(84)51(81)43(33-72)91-64/h29,31,41-47,49-68,72-76,79,81-89H,5-28,30,32-38H2,1-4H3,(H,69,77)(H,70,78)(H,71,80)/b31-29+/t41-,42+,43?,44?,45?,46?,47?,49?,50?,51-,52-,53-,54+,55+,56+,57?,58?,59?,60+,61+,62-,63-,64-,65-,66+,67-,68-/m0/s1. The van der Waals surface area contributed by atoms with Gasteiger partial charge in [-0.1, -0.05) is 167 Å². The van der Waals surface area contributed by atoms with Crippen LogP contribution in [0.3, 0.4) is 0 Å². The Morgan fingerprint density at radius 3 is 1.17 bits per heavy atom. The summed E-state index contributed by atoms with van der Waals surface area (Å²) in [6.07, 6.45) is -12.1. The summed E-state index contributed by atoms with van der Waals surface area (Å²) >= 11 is 0. The minimum atomic E-state index is -2.16. The summed E-state index contributed by atoms with van der Waals surface area (Å²) in [5, 5.41) is 174. The third kappa shape index (κ3) is 27.2. The quantitative estimate of drug-likeness (QED) is 0.0256. The summed E-state index contributed by atoms with van der Waals surface area (Å²) in [4.78, 5) is 38.4. The number of hydrogen-bond acceptors (Lipinski definition) is 28. The van der Waals surface area contributed by atoms with Gasteiger partial charge in [0.15, 0.2) is 31.5 Å². The van der Waals surface area contributed by atoms with E-state index in [-0.39, 0.29) is 12.3 Å². The second kappa shape index (κ2) is 46.9. The van der Waals surface area contributed by atoms with E-state index in [1.165, 1.54) is 96.3 Å². The lowest BCUT2D eigenvalue weighted by molar-refractivity contribution is -0.385. The minimum Gasteiger partial charge on any atom is -0.394 e. The Balaban J connectivity index is 1.23. The minimum absolute atomic E-state index is 0.190. The first-order chi connectivity index (χ1) is 47.6. The van der Waals surface area contributed by atoms with E-state index in [0.717, 1.165) is 65.2 Å². The number of allylic oxidation sites excluding steroid dienone is 1. The Bertz CT molecular complexity index is 2240. The first-order valence-corrected chi connectivity index (χ1v) is 36.5. The fourth-order valence-electron chi connectivity index (χ4n) is 13.3. The Hall–Kier alpha value is -2.85. The number of unbranched alkanes of at least 4 members (excludes halogenated alkanes) is 23. The molecule has 0 saturated carbocycles. The van der Waals surface area contributed by atoms with Crippen LogP contribution in [-0.2, 0) is 61.8 Å². The average molecular weight is 1430 g/mol. The highest BCUT2D eigenvalue weighted by atomic mass is 16.8. The van der Waals surface area contributed by atoms with Crippen molar-refractivity contribution in [2.45, 2.75) is 360 Å². The van der Waals surface area contributed by atoms with E-state index in [1.54, 1.807) is 6.08 Å². The molecule has 18 N–H and O–H groups in total. The zero-order valence-corrected chi connectivity index (χ0v) is 58.4. The molecule has 578 valence electrons. The van der Waals surface area contributed by atoms with Crippen molar-refractivity contribution in [3.05, 3.63) is 12.2 Å². The number of amides is 3. The number of aliphatic hydroxyl groups excluding tert-OH is 15. The van der Waals surface area contributed by atoms with E-state index in [2.05, 4.69) is 29.8 Å². The largest absolute Gasteiger partial charge is 0.394 e. The van der Waals surface area contributed by atoms with E-state index in [9.17, 15) is 91.0 Å². The number of aliphatic hydroxyl groups is 15. The van der Waals surface area contributed by atoms with Crippen LogP contribution >= 0.6 is 0 Å². The van der Waals surface area contributed by atoms with Crippen LogP contribution in [0.2, 0.25) is 0 Å². The van der Waals surface area contributed by atoms with Crippen LogP contribution in [0.4, 0.5) is 0 Å². The highest BCUT2D eigenvalue weighted by molar-refractivity contribution is 5.76. The molecule has 0 radical (unpaired) electrons. The Labute approximate surface area is 582 Å². The van der Waals surface area contributed by atoms with Crippen molar-refractivity contribution < 1.29 is 138 Å². The molecule has 5 rings (SSSR count). The van der Waals surface area contributed by atoms with Crippen molar-refractivity contribution in [3.63, 3.8) is 0 Å². The summed E-state index contributed by atoms with van der Waals surface area (Å²) < 4.78 is 58.9. The number of rotatable bonds is 47. The molecule has 99 heavy (non-hydrogen) atoms. The lowest BCUT2D eigenvalue weighted by Crippen LogP contribution is -2.70. The van der Waals surface area contributed by atoms with Gasteiger partial charge in [-0.25, -0.2) is 0 Å². The molecule has 10 unspecified atom stereocenters. The molecule has 0 aromatic carbocycles. The Morgan fingerprint density at radius 2 is 0.747 bits per heavy atom. The smallest absolute Gasteiger partial charge is 0.220 e. The topological polar surface area (TPSA) is 483 Å². The normalized spacial score (nSPS) is 35.8. The van der Waals surface area contributed by atoms with Crippen molar-refractivity contribution >= 4 is 17.7 Å². The second-order valence-corrected chi connectivity index (χ2v) is 27.1. The molecule has 5 saturated heterocycles. The summed E-state index contributed by atoms with van der Waals surface area (Å²) in [5.41, 5.74) is 0. The van der Waals surface area contributed by atoms with Gasteiger partial charge < -0.3 is 140 Å².